The number of carboxylic acid groups (broad SMARTS) is 1. The van der Waals surface area contributed by atoms with Crippen molar-refractivity contribution >= 4 is 5.97 Å². The monoisotopic (exact) mass is 233 g/mol. The van der Waals surface area contributed by atoms with E-state index in [4.69, 9.17) is 5.11 Å². The third kappa shape index (κ3) is 2.86. The molecule has 1 aliphatic carbocycles. The van der Waals surface area contributed by atoms with Crippen LogP contribution in [0, 0.1) is 0 Å². The predicted octanol–water partition coefficient (Wildman–Crippen LogP) is 2.52. The SMILES string of the molecule is CCC(CC(=O)O)NC1CCc2ccccc21. The molecule has 0 saturated carbocycles. The third-order valence-corrected chi connectivity index (χ3v) is 3.48. The summed E-state index contributed by atoms with van der Waals surface area (Å²) in [6.45, 7) is 2.03. The zero-order chi connectivity index (χ0) is 12.3. The van der Waals surface area contributed by atoms with Gasteiger partial charge in [-0.3, -0.25) is 4.79 Å². The average molecular weight is 233 g/mol. The summed E-state index contributed by atoms with van der Waals surface area (Å²) in [4.78, 5) is 10.7. The lowest BCUT2D eigenvalue weighted by Crippen LogP contribution is -2.33. The Hall–Kier alpha value is -1.35. The maximum atomic E-state index is 10.7. The molecule has 92 valence electrons. The Labute approximate surface area is 102 Å². The molecule has 0 saturated heterocycles. The average Bonchev–Trinajstić information content (AvgIpc) is 2.71. The number of carboxylic acids is 1. The molecule has 3 nitrogen and oxygen atoms in total. The van der Waals surface area contributed by atoms with Crippen molar-refractivity contribution in [3.8, 4) is 0 Å². The molecule has 2 atom stereocenters. The van der Waals surface area contributed by atoms with Gasteiger partial charge < -0.3 is 10.4 Å². The van der Waals surface area contributed by atoms with Crippen LogP contribution in [0.15, 0.2) is 24.3 Å². The van der Waals surface area contributed by atoms with Gasteiger partial charge in [0, 0.05) is 12.1 Å². The second-order valence-electron chi connectivity index (χ2n) is 4.66. The van der Waals surface area contributed by atoms with Crippen molar-refractivity contribution in [1.82, 2.24) is 5.32 Å². The molecule has 2 N–H and O–H groups in total. The van der Waals surface area contributed by atoms with E-state index in [9.17, 15) is 4.79 Å². The van der Waals surface area contributed by atoms with Crippen molar-refractivity contribution in [1.29, 1.82) is 0 Å². The molecular weight excluding hydrogens is 214 g/mol. The van der Waals surface area contributed by atoms with Crippen molar-refractivity contribution in [2.24, 2.45) is 0 Å². The Morgan fingerprint density at radius 2 is 2.29 bits per heavy atom. The first-order valence-corrected chi connectivity index (χ1v) is 6.26. The Balaban J connectivity index is 2.03. The predicted molar refractivity (Wildman–Crippen MR) is 67.0 cm³/mol. The molecule has 1 aromatic rings. The highest BCUT2D eigenvalue weighted by Crippen LogP contribution is 2.31. The normalized spacial score (nSPS) is 19.9. The number of aryl methyl sites for hydroxylation is 1. The molecule has 0 heterocycles. The largest absolute Gasteiger partial charge is 0.481 e. The summed E-state index contributed by atoms with van der Waals surface area (Å²) < 4.78 is 0. The summed E-state index contributed by atoms with van der Waals surface area (Å²) in [5, 5.41) is 12.3. The van der Waals surface area contributed by atoms with Crippen molar-refractivity contribution in [2.75, 3.05) is 0 Å². The first kappa shape index (κ1) is 12.1. The van der Waals surface area contributed by atoms with Gasteiger partial charge in [-0.2, -0.15) is 0 Å². The Kier molecular flexibility index (Phi) is 3.79. The molecule has 0 bridgehead atoms. The highest BCUT2D eigenvalue weighted by Gasteiger charge is 2.24. The van der Waals surface area contributed by atoms with E-state index in [-0.39, 0.29) is 12.5 Å². The van der Waals surface area contributed by atoms with Gasteiger partial charge in [0.15, 0.2) is 0 Å². The summed E-state index contributed by atoms with van der Waals surface area (Å²) in [6, 6.07) is 8.83. The summed E-state index contributed by atoms with van der Waals surface area (Å²) in [5.41, 5.74) is 2.74. The van der Waals surface area contributed by atoms with E-state index in [1.54, 1.807) is 0 Å². The molecule has 2 rings (SSSR count). The van der Waals surface area contributed by atoms with Gasteiger partial charge in [0.25, 0.3) is 0 Å². The second-order valence-corrected chi connectivity index (χ2v) is 4.66. The van der Waals surface area contributed by atoms with Gasteiger partial charge in [-0.1, -0.05) is 31.2 Å². The number of benzene rings is 1. The fourth-order valence-electron chi connectivity index (χ4n) is 2.55. The first-order chi connectivity index (χ1) is 8.20. The van der Waals surface area contributed by atoms with E-state index in [0.717, 1.165) is 19.3 Å². The van der Waals surface area contributed by atoms with Crippen molar-refractivity contribution in [3.63, 3.8) is 0 Å². The van der Waals surface area contributed by atoms with Crippen LogP contribution < -0.4 is 5.32 Å². The van der Waals surface area contributed by atoms with Crippen molar-refractivity contribution < 1.29 is 9.90 Å². The van der Waals surface area contributed by atoms with Crippen LogP contribution in [0.5, 0.6) is 0 Å². The Bertz CT molecular complexity index is 403. The van der Waals surface area contributed by atoms with Crippen LogP contribution in [-0.4, -0.2) is 17.1 Å². The topological polar surface area (TPSA) is 49.3 Å². The maximum Gasteiger partial charge on any atom is 0.304 e. The second kappa shape index (κ2) is 5.32. The molecule has 2 unspecified atom stereocenters. The smallest absolute Gasteiger partial charge is 0.304 e. The van der Waals surface area contributed by atoms with Crippen LogP contribution in [0.4, 0.5) is 0 Å². The van der Waals surface area contributed by atoms with Crippen LogP contribution in [0.2, 0.25) is 0 Å². The quantitative estimate of drug-likeness (QED) is 0.821. The minimum atomic E-state index is -0.726. The number of fused-ring (bicyclic) bond motifs is 1. The van der Waals surface area contributed by atoms with Gasteiger partial charge in [-0.25, -0.2) is 0 Å². The number of carbonyl (C=O) groups is 1. The molecule has 0 fully saturated rings. The Morgan fingerprint density at radius 1 is 1.53 bits per heavy atom. The van der Waals surface area contributed by atoms with Crippen LogP contribution in [0.1, 0.15) is 43.4 Å². The van der Waals surface area contributed by atoms with Gasteiger partial charge in [-0.15, -0.1) is 0 Å². The van der Waals surface area contributed by atoms with Gasteiger partial charge in [0.05, 0.1) is 6.42 Å². The van der Waals surface area contributed by atoms with Gasteiger partial charge in [-0.05, 0) is 30.4 Å². The summed E-state index contributed by atoms with van der Waals surface area (Å²) in [5.74, 6) is -0.726. The minimum Gasteiger partial charge on any atom is -0.481 e. The highest BCUT2D eigenvalue weighted by molar-refractivity contribution is 5.67. The Morgan fingerprint density at radius 3 is 3.00 bits per heavy atom. The lowest BCUT2D eigenvalue weighted by molar-refractivity contribution is -0.137. The molecule has 1 aliphatic rings. The van der Waals surface area contributed by atoms with E-state index in [1.807, 2.05) is 6.92 Å². The lowest BCUT2D eigenvalue weighted by atomic mass is 10.1. The molecule has 0 spiro atoms. The van der Waals surface area contributed by atoms with Crippen LogP contribution >= 0.6 is 0 Å². The highest BCUT2D eigenvalue weighted by atomic mass is 16.4. The molecular formula is C14H19NO2. The van der Waals surface area contributed by atoms with Crippen molar-refractivity contribution in [2.45, 2.75) is 44.7 Å². The zero-order valence-electron chi connectivity index (χ0n) is 10.1. The molecule has 0 aliphatic heterocycles. The minimum absolute atomic E-state index is 0.0728. The number of hydrogen-bond acceptors (Lipinski definition) is 2. The van der Waals surface area contributed by atoms with Gasteiger partial charge in [0.1, 0.15) is 0 Å². The fraction of sp³-hybridized carbons (Fsp3) is 0.500. The van der Waals surface area contributed by atoms with Crippen LogP contribution in [0.25, 0.3) is 0 Å². The maximum absolute atomic E-state index is 10.7. The molecule has 0 aromatic heterocycles. The van der Waals surface area contributed by atoms with Gasteiger partial charge in [0.2, 0.25) is 0 Å². The molecule has 0 radical (unpaired) electrons. The summed E-state index contributed by atoms with van der Waals surface area (Å²) in [7, 11) is 0. The zero-order valence-corrected chi connectivity index (χ0v) is 10.1. The summed E-state index contributed by atoms with van der Waals surface area (Å²) in [6.07, 6.45) is 3.23. The summed E-state index contributed by atoms with van der Waals surface area (Å²) >= 11 is 0. The van der Waals surface area contributed by atoms with Crippen LogP contribution in [-0.2, 0) is 11.2 Å². The molecule has 3 heteroatoms. The van der Waals surface area contributed by atoms with Gasteiger partial charge >= 0.3 is 5.97 Å². The fourth-order valence-corrected chi connectivity index (χ4v) is 2.55. The number of rotatable bonds is 5. The van der Waals surface area contributed by atoms with E-state index in [1.165, 1.54) is 11.1 Å². The number of nitrogens with one attached hydrogen (secondary N) is 1. The van der Waals surface area contributed by atoms with E-state index in [0.29, 0.717) is 6.04 Å². The molecule has 1 aromatic carbocycles. The molecule has 17 heavy (non-hydrogen) atoms. The molecule has 0 amide bonds. The van der Waals surface area contributed by atoms with Crippen LogP contribution in [0.3, 0.4) is 0 Å². The first-order valence-electron chi connectivity index (χ1n) is 6.26. The lowest BCUT2D eigenvalue weighted by Gasteiger charge is -2.21. The van der Waals surface area contributed by atoms with E-state index < -0.39 is 5.97 Å². The van der Waals surface area contributed by atoms with E-state index >= 15 is 0 Å². The number of aliphatic carboxylic acids is 1. The van der Waals surface area contributed by atoms with Crippen molar-refractivity contribution in [3.05, 3.63) is 35.4 Å². The standard InChI is InChI=1S/C14H19NO2/c1-2-11(9-14(16)17)15-13-8-7-10-5-3-4-6-12(10)13/h3-6,11,13,15H,2,7-9H2,1H3,(H,16,17). The third-order valence-electron chi connectivity index (χ3n) is 3.48. The van der Waals surface area contributed by atoms with E-state index in [2.05, 4.69) is 29.6 Å². The number of hydrogen-bond donors (Lipinski definition) is 2.